The molecule has 0 aliphatic rings. The van der Waals surface area contributed by atoms with E-state index in [-0.39, 0.29) is 22.7 Å². The van der Waals surface area contributed by atoms with E-state index in [1.807, 2.05) is 6.92 Å². The van der Waals surface area contributed by atoms with Gasteiger partial charge in [0.25, 0.3) is 5.91 Å². The van der Waals surface area contributed by atoms with Crippen LogP contribution in [0.2, 0.25) is 0 Å². The van der Waals surface area contributed by atoms with E-state index < -0.39 is 23.9 Å². The number of anilines is 1. The maximum atomic E-state index is 13.3. The Labute approximate surface area is 217 Å². The monoisotopic (exact) mass is 522 g/mol. The first-order valence-corrected chi connectivity index (χ1v) is 12.3. The molecule has 0 bridgehead atoms. The van der Waals surface area contributed by atoms with Crippen molar-refractivity contribution < 1.29 is 28.2 Å². The van der Waals surface area contributed by atoms with Gasteiger partial charge in [0.15, 0.2) is 17.5 Å². The lowest BCUT2D eigenvalue weighted by molar-refractivity contribution is -0.118. The van der Waals surface area contributed by atoms with Crippen molar-refractivity contribution >= 4 is 39.3 Å². The van der Waals surface area contributed by atoms with Crippen molar-refractivity contribution in [3.63, 3.8) is 0 Å². The van der Waals surface area contributed by atoms with Gasteiger partial charge in [-0.05, 0) is 69.7 Å². The predicted molar refractivity (Wildman–Crippen MR) is 141 cm³/mol. The van der Waals surface area contributed by atoms with Gasteiger partial charge in [0.05, 0.1) is 24.3 Å². The van der Waals surface area contributed by atoms with Crippen molar-refractivity contribution in [3.05, 3.63) is 68.8 Å². The highest BCUT2D eigenvalue weighted by atomic mass is 32.1. The molecule has 4 aromatic rings. The normalized spacial score (nSPS) is 11.0. The minimum Gasteiger partial charge on any atom is -0.497 e. The van der Waals surface area contributed by atoms with E-state index in [1.165, 1.54) is 0 Å². The second-order valence-electron chi connectivity index (χ2n) is 8.54. The first-order chi connectivity index (χ1) is 17.7. The van der Waals surface area contributed by atoms with E-state index in [1.54, 1.807) is 70.3 Å². The number of nitrogens with one attached hydrogen (secondary N) is 1. The second kappa shape index (κ2) is 10.8. The molecule has 4 rings (SSSR count). The molecule has 10 heteroatoms. The standard InChI is InChI=1S/C27H26N2O7S/c1-14(2)35-26(32)25-16(4)28-27(37-25)29-21(30)13-34-24-22(31)19-11-6-15(3)12-20(19)36-23(24)17-7-9-18(33-5)10-8-17/h6-12,14H,13H2,1-5H3,(H,28,29,30). The molecule has 2 aromatic heterocycles. The van der Waals surface area contributed by atoms with Crippen LogP contribution in [0.25, 0.3) is 22.3 Å². The van der Waals surface area contributed by atoms with Crippen LogP contribution in [-0.2, 0) is 9.53 Å². The summed E-state index contributed by atoms with van der Waals surface area (Å²) in [5.41, 5.74) is 1.97. The third-order valence-corrected chi connectivity index (χ3v) is 6.33. The van der Waals surface area contributed by atoms with Gasteiger partial charge in [0.1, 0.15) is 16.2 Å². The summed E-state index contributed by atoms with van der Waals surface area (Å²) in [6.07, 6.45) is -0.280. The number of ether oxygens (including phenoxy) is 3. The highest BCUT2D eigenvalue weighted by molar-refractivity contribution is 7.17. The number of aromatic nitrogens is 1. The van der Waals surface area contributed by atoms with Gasteiger partial charge in [-0.3, -0.25) is 14.9 Å². The summed E-state index contributed by atoms with van der Waals surface area (Å²) in [7, 11) is 1.56. The molecule has 0 atom stereocenters. The number of fused-ring (bicyclic) bond motifs is 1. The van der Waals surface area contributed by atoms with E-state index in [0.29, 0.717) is 32.9 Å². The van der Waals surface area contributed by atoms with Crippen LogP contribution in [0.15, 0.2) is 51.7 Å². The van der Waals surface area contributed by atoms with E-state index in [2.05, 4.69) is 10.3 Å². The number of nitrogens with zero attached hydrogens (tertiary/aromatic N) is 1. The van der Waals surface area contributed by atoms with Crippen LogP contribution in [0.4, 0.5) is 5.13 Å². The van der Waals surface area contributed by atoms with Crippen molar-refractivity contribution in [2.24, 2.45) is 0 Å². The number of carbonyl (C=O) groups excluding carboxylic acids is 2. The summed E-state index contributed by atoms with van der Waals surface area (Å²) >= 11 is 1.00. The zero-order valence-corrected chi connectivity index (χ0v) is 21.9. The van der Waals surface area contributed by atoms with Crippen LogP contribution >= 0.6 is 11.3 Å². The Morgan fingerprint density at radius 2 is 1.84 bits per heavy atom. The molecule has 0 spiro atoms. The summed E-state index contributed by atoms with van der Waals surface area (Å²) in [5.74, 6) is -0.313. The quantitative estimate of drug-likeness (QED) is 0.317. The highest BCUT2D eigenvalue weighted by Gasteiger charge is 2.21. The molecule has 37 heavy (non-hydrogen) atoms. The van der Waals surface area contributed by atoms with Gasteiger partial charge in [-0.25, -0.2) is 9.78 Å². The maximum absolute atomic E-state index is 13.3. The molecule has 1 N–H and O–H groups in total. The minimum atomic E-state index is -0.554. The predicted octanol–water partition coefficient (Wildman–Crippen LogP) is 5.12. The maximum Gasteiger partial charge on any atom is 0.350 e. The largest absolute Gasteiger partial charge is 0.497 e. The smallest absolute Gasteiger partial charge is 0.350 e. The molecule has 0 saturated heterocycles. The lowest BCUT2D eigenvalue weighted by Crippen LogP contribution is -2.22. The van der Waals surface area contributed by atoms with Gasteiger partial charge >= 0.3 is 5.97 Å². The molecule has 0 fully saturated rings. The van der Waals surface area contributed by atoms with Gasteiger partial charge in [-0.1, -0.05) is 17.4 Å². The van der Waals surface area contributed by atoms with Crippen LogP contribution in [0.3, 0.4) is 0 Å². The highest BCUT2D eigenvalue weighted by Crippen LogP contribution is 2.32. The molecule has 0 aliphatic carbocycles. The number of thiazole rings is 1. The van der Waals surface area contributed by atoms with Crippen LogP contribution in [0.1, 0.15) is 34.8 Å². The summed E-state index contributed by atoms with van der Waals surface area (Å²) < 4.78 is 22.2. The van der Waals surface area contributed by atoms with Crippen molar-refractivity contribution in [2.45, 2.75) is 33.8 Å². The average molecular weight is 523 g/mol. The SMILES string of the molecule is COc1ccc(-c2oc3cc(C)ccc3c(=O)c2OCC(=O)Nc2nc(C)c(C(=O)OC(C)C)s2)cc1. The second-order valence-corrected chi connectivity index (χ2v) is 9.54. The third-order valence-electron chi connectivity index (χ3n) is 5.28. The topological polar surface area (TPSA) is 117 Å². The van der Waals surface area contributed by atoms with Gasteiger partial charge in [0.2, 0.25) is 11.2 Å². The van der Waals surface area contributed by atoms with Crippen LogP contribution in [0.5, 0.6) is 11.5 Å². The average Bonchev–Trinajstić information content (AvgIpc) is 3.22. The Bertz CT molecular complexity index is 1520. The van der Waals surface area contributed by atoms with E-state index in [9.17, 15) is 14.4 Å². The molecule has 2 heterocycles. The van der Waals surface area contributed by atoms with Crippen LogP contribution in [0, 0.1) is 13.8 Å². The molecule has 0 unspecified atom stereocenters. The molecule has 9 nitrogen and oxygen atoms in total. The minimum absolute atomic E-state index is 0.0896. The van der Waals surface area contributed by atoms with Gasteiger partial charge in [-0.2, -0.15) is 0 Å². The van der Waals surface area contributed by atoms with Gasteiger partial charge in [0, 0.05) is 5.56 Å². The summed E-state index contributed by atoms with van der Waals surface area (Å²) in [5, 5.41) is 3.16. The third kappa shape index (κ3) is 5.80. The number of benzene rings is 2. The molecule has 0 saturated carbocycles. The number of amides is 1. The fraction of sp³-hybridized carbons (Fsp3) is 0.259. The van der Waals surface area contributed by atoms with E-state index >= 15 is 0 Å². The van der Waals surface area contributed by atoms with Crippen molar-refractivity contribution in [1.29, 1.82) is 0 Å². The van der Waals surface area contributed by atoms with Gasteiger partial charge < -0.3 is 18.6 Å². The molecular formula is C27H26N2O7S. The number of hydrogen-bond donors (Lipinski definition) is 1. The summed E-state index contributed by atoms with van der Waals surface area (Å²) in [4.78, 5) is 42.8. The van der Waals surface area contributed by atoms with E-state index in [0.717, 1.165) is 16.9 Å². The first-order valence-electron chi connectivity index (χ1n) is 11.5. The number of esters is 1. The van der Waals surface area contributed by atoms with Crippen LogP contribution in [-0.4, -0.2) is 36.7 Å². The molecule has 192 valence electrons. The summed E-state index contributed by atoms with van der Waals surface area (Å²) in [6, 6.07) is 12.2. The Morgan fingerprint density at radius 1 is 1.11 bits per heavy atom. The fourth-order valence-electron chi connectivity index (χ4n) is 3.55. The van der Waals surface area contributed by atoms with E-state index in [4.69, 9.17) is 18.6 Å². The molecule has 2 aromatic carbocycles. The lowest BCUT2D eigenvalue weighted by atomic mass is 10.1. The lowest BCUT2D eigenvalue weighted by Gasteiger charge is -2.12. The first kappa shape index (κ1) is 25.9. The molecule has 0 aliphatic heterocycles. The fourth-order valence-corrected chi connectivity index (χ4v) is 4.41. The molecular weight excluding hydrogens is 496 g/mol. The summed E-state index contributed by atoms with van der Waals surface area (Å²) in [6.45, 7) is 6.58. The number of rotatable bonds is 8. The molecule has 1 amide bonds. The zero-order valence-electron chi connectivity index (χ0n) is 21.0. The van der Waals surface area contributed by atoms with Gasteiger partial charge in [-0.15, -0.1) is 0 Å². The van der Waals surface area contributed by atoms with Crippen LogP contribution < -0.4 is 20.2 Å². The number of carbonyl (C=O) groups is 2. The Kier molecular flexibility index (Phi) is 7.58. The van der Waals surface area contributed by atoms with Crippen molar-refractivity contribution in [2.75, 3.05) is 19.0 Å². The number of methoxy groups -OCH3 is 1. The van der Waals surface area contributed by atoms with Crippen molar-refractivity contribution in [1.82, 2.24) is 4.98 Å². The molecule has 0 radical (unpaired) electrons. The Morgan fingerprint density at radius 3 is 2.51 bits per heavy atom. The number of aryl methyl sites for hydroxylation is 2. The van der Waals surface area contributed by atoms with Crippen molar-refractivity contribution in [3.8, 4) is 22.8 Å². The number of hydrogen-bond acceptors (Lipinski definition) is 9. The Hall–Kier alpha value is -4.18. The Balaban J connectivity index is 1.60. The zero-order chi connectivity index (χ0) is 26.7.